The summed E-state index contributed by atoms with van der Waals surface area (Å²) in [4.78, 5) is 19.4. The Balaban J connectivity index is 1.65. The maximum atomic E-state index is 12.6. The van der Waals surface area contributed by atoms with Crippen LogP contribution in [0.5, 0.6) is 0 Å². The molecule has 4 rings (SSSR count). The van der Waals surface area contributed by atoms with Crippen molar-refractivity contribution in [3.8, 4) is 0 Å². The first-order valence-electron chi connectivity index (χ1n) is 7.97. The van der Waals surface area contributed by atoms with Crippen molar-refractivity contribution < 1.29 is 4.79 Å². The lowest BCUT2D eigenvalue weighted by Gasteiger charge is -2.26. The van der Waals surface area contributed by atoms with E-state index in [9.17, 15) is 4.79 Å². The highest BCUT2D eigenvalue weighted by Gasteiger charge is 2.31. The van der Waals surface area contributed by atoms with E-state index in [0.717, 1.165) is 38.0 Å². The molecule has 1 saturated heterocycles. The predicted molar refractivity (Wildman–Crippen MR) is 81.3 cm³/mol. The molecule has 0 spiro atoms. The highest BCUT2D eigenvalue weighted by Crippen LogP contribution is 2.28. The monoisotopic (exact) mass is 283 g/mol. The third kappa shape index (κ3) is 2.13. The predicted octanol–water partition coefficient (Wildman–Crippen LogP) is 2.37. The summed E-state index contributed by atoms with van der Waals surface area (Å²) in [5, 5.41) is 0. The Morgan fingerprint density at radius 1 is 1.29 bits per heavy atom. The van der Waals surface area contributed by atoms with Gasteiger partial charge in [-0.05, 0) is 44.2 Å². The third-order valence-electron chi connectivity index (χ3n) is 4.88. The number of hydrogen-bond acceptors (Lipinski definition) is 2. The molecule has 1 aliphatic heterocycles. The molecule has 0 saturated carbocycles. The number of likely N-dealkylation sites (tertiary alicyclic amines) is 1. The number of fused-ring (bicyclic) bond motifs is 3. The largest absolute Gasteiger partial charge is 0.342 e. The van der Waals surface area contributed by atoms with Gasteiger partial charge in [-0.1, -0.05) is 6.07 Å². The van der Waals surface area contributed by atoms with Gasteiger partial charge in [0.05, 0.1) is 5.69 Å². The number of amides is 1. The number of carbonyl (C=O) groups is 1. The molecular weight excluding hydrogens is 262 g/mol. The highest BCUT2D eigenvalue weighted by molar-refractivity contribution is 5.79. The first kappa shape index (κ1) is 12.9. The van der Waals surface area contributed by atoms with E-state index in [1.54, 1.807) is 0 Å². The van der Waals surface area contributed by atoms with Gasteiger partial charge in [-0.25, -0.2) is 4.98 Å². The quantitative estimate of drug-likeness (QED) is 0.806. The molecular formula is C17H21N3O. The second-order valence-corrected chi connectivity index (χ2v) is 6.41. The summed E-state index contributed by atoms with van der Waals surface area (Å²) in [6.45, 7) is 4.00. The van der Waals surface area contributed by atoms with Crippen LogP contribution in [0.2, 0.25) is 0 Å². The van der Waals surface area contributed by atoms with E-state index in [1.807, 2.05) is 0 Å². The lowest BCUT2D eigenvalue weighted by molar-refractivity contribution is -0.134. The second kappa shape index (κ2) is 4.86. The highest BCUT2D eigenvalue weighted by atomic mass is 16.2. The van der Waals surface area contributed by atoms with Gasteiger partial charge in [-0.15, -0.1) is 0 Å². The molecule has 4 heteroatoms. The maximum Gasteiger partial charge on any atom is 0.226 e. The zero-order valence-corrected chi connectivity index (χ0v) is 12.5. The molecule has 3 heterocycles. The van der Waals surface area contributed by atoms with E-state index in [1.165, 1.54) is 29.8 Å². The molecule has 0 radical (unpaired) electrons. The van der Waals surface area contributed by atoms with E-state index in [2.05, 4.69) is 34.6 Å². The molecule has 21 heavy (non-hydrogen) atoms. The Labute approximate surface area is 124 Å². The molecule has 1 unspecified atom stereocenters. The average Bonchev–Trinajstić information content (AvgIpc) is 3.13. The molecule has 4 nitrogen and oxygen atoms in total. The average molecular weight is 283 g/mol. The lowest BCUT2D eigenvalue weighted by atomic mass is 9.88. The molecule has 0 bridgehead atoms. The van der Waals surface area contributed by atoms with Crippen LogP contribution in [-0.4, -0.2) is 33.3 Å². The van der Waals surface area contributed by atoms with Crippen LogP contribution in [-0.2, 0) is 17.6 Å². The molecule has 1 fully saturated rings. The fourth-order valence-corrected chi connectivity index (χ4v) is 3.72. The van der Waals surface area contributed by atoms with Crippen LogP contribution < -0.4 is 0 Å². The van der Waals surface area contributed by atoms with Crippen LogP contribution in [0.3, 0.4) is 0 Å². The van der Waals surface area contributed by atoms with Crippen LogP contribution in [0.4, 0.5) is 0 Å². The van der Waals surface area contributed by atoms with Gasteiger partial charge in [-0.2, -0.15) is 0 Å². The summed E-state index contributed by atoms with van der Waals surface area (Å²) in [5.74, 6) is 0.511. The Morgan fingerprint density at radius 3 is 2.90 bits per heavy atom. The molecule has 2 aliphatic rings. The van der Waals surface area contributed by atoms with Gasteiger partial charge in [-0.3, -0.25) is 4.79 Å². The molecule has 2 aromatic heterocycles. The smallest absolute Gasteiger partial charge is 0.226 e. The van der Waals surface area contributed by atoms with Crippen LogP contribution in [0.1, 0.15) is 36.2 Å². The van der Waals surface area contributed by atoms with Gasteiger partial charge in [0.1, 0.15) is 5.65 Å². The van der Waals surface area contributed by atoms with Gasteiger partial charge in [0.25, 0.3) is 0 Å². The lowest BCUT2D eigenvalue weighted by Crippen LogP contribution is -2.36. The SMILES string of the molecule is Cc1ccc2nc3c(n2c1)CC(C(=O)N1CCCC1)CC3. The van der Waals surface area contributed by atoms with Crippen molar-refractivity contribution in [3.63, 3.8) is 0 Å². The number of aryl methyl sites for hydroxylation is 2. The number of nitrogens with zero attached hydrogens (tertiary/aromatic N) is 3. The fourth-order valence-electron chi connectivity index (χ4n) is 3.72. The van der Waals surface area contributed by atoms with Gasteiger partial charge in [0.2, 0.25) is 5.91 Å². The summed E-state index contributed by atoms with van der Waals surface area (Å²) in [6, 6.07) is 4.17. The standard InChI is InChI=1S/C17H21N3O/c1-12-4-7-16-18-14-6-5-13(10-15(14)20(16)11-12)17(21)19-8-2-3-9-19/h4,7,11,13H,2-3,5-6,8-10H2,1H3. The molecule has 2 aromatic rings. The Kier molecular flexibility index (Phi) is 2.98. The Morgan fingerprint density at radius 2 is 2.10 bits per heavy atom. The van der Waals surface area contributed by atoms with Crippen molar-refractivity contribution in [3.05, 3.63) is 35.3 Å². The number of carbonyl (C=O) groups excluding carboxylic acids is 1. The second-order valence-electron chi connectivity index (χ2n) is 6.41. The van der Waals surface area contributed by atoms with Crippen LogP contribution in [0.25, 0.3) is 5.65 Å². The van der Waals surface area contributed by atoms with Crippen LogP contribution in [0.15, 0.2) is 18.3 Å². The van der Waals surface area contributed by atoms with Gasteiger partial charge in [0, 0.05) is 37.3 Å². The summed E-state index contributed by atoms with van der Waals surface area (Å²) in [6.07, 6.45) is 7.20. The molecule has 1 aliphatic carbocycles. The van der Waals surface area contributed by atoms with Crippen molar-refractivity contribution in [2.75, 3.05) is 13.1 Å². The van der Waals surface area contributed by atoms with E-state index < -0.39 is 0 Å². The topological polar surface area (TPSA) is 37.6 Å². The summed E-state index contributed by atoms with van der Waals surface area (Å²) < 4.78 is 2.19. The minimum absolute atomic E-state index is 0.149. The summed E-state index contributed by atoms with van der Waals surface area (Å²) in [7, 11) is 0. The summed E-state index contributed by atoms with van der Waals surface area (Å²) >= 11 is 0. The Hall–Kier alpha value is -1.84. The Bertz CT molecular complexity index is 697. The number of imidazole rings is 1. The normalized spacial score (nSPS) is 21.8. The van der Waals surface area contributed by atoms with E-state index in [4.69, 9.17) is 4.98 Å². The van der Waals surface area contributed by atoms with Gasteiger partial charge in [0.15, 0.2) is 0 Å². The molecule has 110 valence electrons. The molecule has 0 aromatic carbocycles. The summed E-state index contributed by atoms with van der Waals surface area (Å²) in [5.41, 5.74) is 4.68. The third-order valence-corrected chi connectivity index (χ3v) is 4.88. The first-order chi connectivity index (χ1) is 10.2. The molecule has 1 atom stereocenters. The van der Waals surface area contributed by atoms with Gasteiger partial charge >= 0.3 is 0 Å². The van der Waals surface area contributed by atoms with Crippen LogP contribution in [0, 0.1) is 12.8 Å². The first-order valence-corrected chi connectivity index (χ1v) is 7.97. The zero-order valence-electron chi connectivity index (χ0n) is 12.5. The fraction of sp³-hybridized carbons (Fsp3) is 0.529. The minimum atomic E-state index is 0.149. The maximum absolute atomic E-state index is 12.6. The van der Waals surface area contributed by atoms with Crippen molar-refractivity contribution in [2.45, 2.75) is 39.0 Å². The number of aromatic nitrogens is 2. The van der Waals surface area contributed by atoms with Crippen molar-refractivity contribution in [2.24, 2.45) is 5.92 Å². The molecule has 0 N–H and O–H groups in total. The van der Waals surface area contributed by atoms with Crippen molar-refractivity contribution in [1.82, 2.24) is 14.3 Å². The van der Waals surface area contributed by atoms with Gasteiger partial charge < -0.3 is 9.30 Å². The van der Waals surface area contributed by atoms with Crippen LogP contribution >= 0.6 is 0 Å². The van der Waals surface area contributed by atoms with Crippen molar-refractivity contribution in [1.29, 1.82) is 0 Å². The van der Waals surface area contributed by atoms with E-state index in [0.29, 0.717) is 5.91 Å². The van der Waals surface area contributed by atoms with Crippen molar-refractivity contribution >= 4 is 11.6 Å². The number of rotatable bonds is 1. The van der Waals surface area contributed by atoms with E-state index >= 15 is 0 Å². The zero-order chi connectivity index (χ0) is 14.4. The minimum Gasteiger partial charge on any atom is -0.342 e. The number of hydrogen-bond donors (Lipinski definition) is 0. The molecule has 1 amide bonds. The van der Waals surface area contributed by atoms with E-state index in [-0.39, 0.29) is 5.92 Å². The number of pyridine rings is 1.